The van der Waals surface area contributed by atoms with E-state index in [1.807, 2.05) is 11.8 Å². The van der Waals surface area contributed by atoms with Gasteiger partial charge in [-0.1, -0.05) is 0 Å². The summed E-state index contributed by atoms with van der Waals surface area (Å²) in [5.74, 6) is 1.32. The number of carbonyl (C=O) groups is 2. The van der Waals surface area contributed by atoms with Crippen LogP contribution in [0, 0.1) is 6.92 Å². The van der Waals surface area contributed by atoms with Gasteiger partial charge in [0.1, 0.15) is 0 Å². The van der Waals surface area contributed by atoms with Crippen molar-refractivity contribution in [2.24, 2.45) is 4.99 Å². The van der Waals surface area contributed by atoms with E-state index in [9.17, 15) is 9.59 Å². The van der Waals surface area contributed by atoms with Crippen LogP contribution in [-0.4, -0.2) is 98.4 Å². The number of halogens is 1. The highest BCUT2D eigenvalue weighted by molar-refractivity contribution is 14.0. The minimum Gasteiger partial charge on any atom is -0.459 e. The summed E-state index contributed by atoms with van der Waals surface area (Å²) in [6, 6.07) is 1.78. The van der Waals surface area contributed by atoms with E-state index >= 15 is 0 Å². The molecule has 0 spiro atoms. The SMILES string of the molecule is CN=C(NCCCNC(=O)c1occc1C)N1CCN(CC(=O)N2CCCC2)CC1.I. The normalized spacial score (nSPS) is 17.4. The molecular formula is C21H35IN6O3. The topological polar surface area (TPSA) is 93.4 Å². The second-order valence-corrected chi connectivity index (χ2v) is 7.87. The van der Waals surface area contributed by atoms with Crippen LogP contribution in [0.4, 0.5) is 0 Å². The molecule has 0 unspecified atom stereocenters. The molecule has 2 fully saturated rings. The van der Waals surface area contributed by atoms with Gasteiger partial charge in [0.15, 0.2) is 11.7 Å². The van der Waals surface area contributed by atoms with E-state index in [-0.39, 0.29) is 35.8 Å². The molecule has 3 heterocycles. The first-order valence-electron chi connectivity index (χ1n) is 10.9. The van der Waals surface area contributed by atoms with E-state index in [0.717, 1.165) is 76.6 Å². The van der Waals surface area contributed by atoms with Gasteiger partial charge in [0.05, 0.1) is 12.8 Å². The van der Waals surface area contributed by atoms with Gasteiger partial charge in [-0.15, -0.1) is 24.0 Å². The van der Waals surface area contributed by atoms with Crippen LogP contribution in [0.5, 0.6) is 0 Å². The van der Waals surface area contributed by atoms with Crippen LogP contribution in [-0.2, 0) is 4.79 Å². The largest absolute Gasteiger partial charge is 0.459 e. The maximum absolute atomic E-state index is 12.3. The molecule has 9 nitrogen and oxygen atoms in total. The number of nitrogens with one attached hydrogen (secondary N) is 2. The van der Waals surface area contributed by atoms with Gasteiger partial charge >= 0.3 is 0 Å². The number of nitrogens with zero attached hydrogens (tertiary/aromatic N) is 4. The molecule has 0 saturated carbocycles. The molecule has 2 aliphatic heterocycles. The molecule has 2 amide bonds. The third-order valence-corrected chi connectivity index (χ3v) is 5.69. The van der Waals surface area contributed by atoms with E-state index in [1.165, 1.54) is 6.26 Å². The monoisotopic (exact) mass is 546 g/mol. The summed E-state index contributed by atoms with van der Waals surface area (Å²) < 4.78 is 5.20. The molecule has 3 rings (SSSR count). The summed E-state index contributed by atoms with van der Waals surface area (Å²) in [5, 5.41) is 6.24. The van der Waals surface area contributed by atoms with Crippen molar-refractivity contribution in [1.29, 1.82) is 0 Å². The molecule has 2 saturated heterocycles. The van der Waals surface area contributed by atoms with Crippen LogP contribution >= 0.6 is 24.0 Å². The Kier molecular flexibility index (Phi) is 10.6. The van der Waals surface area contributed by atoms with Crippen LogP contribution in [0.1, 0.15) is 35.4 Å². The summed E-state index contributed by atoms with van der Waals surface area (Å²) in [6.45, 7) is 8.91. The number of aliphatic imine (C=N–C) groups is 1. The van der Waals surface area contributed by atoms with Gasteiger partial charge in [0, 0.05) is 65.0 Å². The summed E-state index contributed by atoms with van der Waals surface area (Å²) in [6.07, 6.45) is 4.58. The molecule has 0 aliphatic carbocycles. The molecule has 10 heteroatoms. The van der Waals surface area contributed by atoms with Crippen molar-refractivity contribution in [1.82, 2.24) is 25.3 Å². The highest BCUT2D eigenvalue weighted by atomic mass is 127. The standard InChI is InChI=1S/C21H34N6O3.HI/c1-17-6-15-30-19(17)20(29)23-7-5-8-24-21(22-2)27-13-11-25(12-14-27)16-18(28)26-9-3-4-10-26;/h6,15H,3-5,7-14,16H2,1-2H3,(H,22,24)(H,23,29);1H. The first kappa shape index (κ1) is 25.4. The van der Waals surface area contributed by atoms with E-state index in [1.54, 1.807) is 13.1 Å². The lowest BCUT2D eigenvalue weighted by molar-refractivity contribution is -0.131. The number of amides is 2. The van der Waals surface area contributed by atoms with E-state index in [4.69, 9.17) is 4.42 Å². The highest BCUT2D eigenvalue weighted by Gasteiger charge is 2.24. The molecule has 1 aromatic heterocycles. The van der Waals surface area contributed by atoms with Crippen molar-refractivity contribution < 1.29 is 14.0 Å². The van der Waals surface area contributed by atoms with E-state index < -0.39 is 0 Å². The number of hydrogen-bond acceptors (Lipinski definition) is 5. The average Bonchev–Trinajstić information content (AvgIpc) is 3.43. The van der Waals surface area contributed by atoms with Gasteiger partial charge in [-0.25, -0.2) is 0 Å². The third-order valence-electron chi connectivity index (χ3n) is 5.69. The van der Waals surface area contributed by atoms with Gasteiger partial charge in [-0.05, 0) is 32.3 Å². The highest BCUT2D eigenvalue weighted by Crippen LogP contribution is 2.10. The first-order chi connectivity index (χ1) is 14.6. The Morgan fingerprint density at radius 1 is 1.03 bits per heavy atom. The summed E-state index contributed by atoms with van der Waals surface area (Å²) in [7, 11) is 1.78. The predicted molar refractivity (Wildman–Crippen MR) is 131 cm³/mol. The zero-order valence-electron chi connectivity index (χ0n) is 18.6. The second kappa shape index (κ2) is 12.9. The molecule has 0 radical (unpaired) electrons. The molecule has 2 N–H and O–H groups in total. The zero-order chi connectivity index (χ0) is 21.3. The van der Waals surface area contributed by atoms with Gasteiger partial charge < -0.3 is 24.9 Å². The van der Waals surface area contributed by atoms with Gasteiger partial charge in [-0.3, -0.25) is 19.5 Å². The third kappa shape index (κ3) is 7.37. The smallest absolute Gasteiger partial charge is 0.287 e. The number of likely N-dealkylation sites (tertiary alicyclic amines) is 1. The molecule has 0 bridgehead atoms. The number of hydrogen-bond donors (Lipinski definition) is 2. The fourth-order valence-electron chi connectivity index (χ4n) is 3.88. The molecule has 0 atom stereocenters. The number of rotatable bonds is 7. The number of furan rings is 1. The summed E-state index contributed by atoms with van der Waals surface area (Å²) in [5.41, 5.74) is 0.840. The Morgan fingerprint density at radius 3 is 2.32 bits per heavy atom. The van der Waals surface area contributed by atoms with Gasteiger partial charge in [-0.2, -0.15) is 0 Å². The summed E-state index contributed by atoms with van der Waals surface area (Å²) >= 11 is 0. The average molecular weight is 546 g/mol. The summed E-state index contributed by atoms with van der Waals surface area (Å²) in [4.78, 5) is 35.2. The molecule has 2 aliphatic rings. The van der Waals surface area contributed by atoms with Crippen LogP contribution in [0.3, 0.4) is 0 Å². The Bertz CT molecular complexity index is 739. The molecule has 174 valence electrons. The van der Waals surface area contributed by atoms with Crippen molar-refractivity contribution in [3.05, 3.63) is 23.7 Å². The lowest BCUT2D eigenvalue weighted by Crippen LogP contribution is -2.54. The lowest BCUT2D eigenvalue weighted by Gasteiger charge is -2.36. The number of piperazine rings is 1. The van der Waals surface area contributed by atoms with Crippen molar-refractivity contribution in [2.45, 2.75) is 26.2 Å². The van der Waals surface area contributed by atoms with Crippen LogP contribution < -0.4 is 10.6 Å². The Hall–Kier alpha value is -1.82. The minimum atomic E-state index is -0.179. The van der Waals surface area contributed by atoms with Crippen molar-refractivity contribution >= 4 is 41.8 Å². The van der Waals surface area contributed by atoms with Crippen molar-refractivity contribution in [3.63, 3.8) is 0 Å². The molecule has 1 aromatic rings. The second-order valence-electron chi connectivity index (χ2n) is 7.87. The van der Waals surface area contributed by atoms with Crippen molar-refractivity contribution in [2.75, 3.05) is 66.0 Å². The quantitative estimate of drug-likeness (QED) is 0.231. The van der Waals surface area contributed by atoms with Crippen LogP contribution in [0.2, 0.25) is 0 Å². The van der Waals surface area contributed by atoms with Gasteiger partial charge in [0.25, 0.3) is 5.91 Å². The Labute approximate surface area is 201 Å². The lowest BCUT2D eigenvalue weighted by atomic mass is 10.2. The number of carbonyl (C=O) groups excluding carboxylic acids is 2. The first-order valence-corrected chi connectivity index (χ1v) is 10.9. The van der Waals surface area contributed by atoms with Crippen molar-refractivity contribution in [3.8, 4) is 0 Å². The zero-order valence-corrected chi connectivity index (χ0v) is 20.9. The maximum atomic E-state index is 12.3. The molecular weight excluding hydrogens is 511 g/mol. The van der Waals surface area contributed by atoms with Crippen LogP contribution in [0.25, 0.3) is 0 Å². The Balaban J connectivity index is 0.00000341. The fraction of sp³-hybridized carbons (Fsp3) is 0.667. The fourth-order valence-corrected chi connectivity index (χ4v) is 3.88. The van der Waals surface area contributed by atoms with E-state index in [2.05, 4.69) is 25.4 Å². The van der Waals surface area contributed by atoms with Crippen LogP contribution in [0.15, 0.2) is 21.7 Å². The number of guanidine groups is 1. The Morgan fingerprint density at radius 2 is 1.71 bits per heavy atom. The van der Waals surface area contributed by atoms with Gasteiger partial charge in [0.2, 0.25) is 5.91 Å². The van der Waals surface area contributed by atoms with E-state index in [0.29, 0.717) is 18.8 Å². The molecule has 0 aromatic carbocycles. The minimum absolute atomic E-state index is 0. The predicted octanol–water partition coefficient (Wildman–Crippen LogP) is 1.14. The molecule has 31 heavy (non-hydrogen) atoms. The number of aryl methyl sites for hydroxylation is 1. The maximum Gasteiger partial charge on any atom is 0.287 e.